The first kappa shape index (κ1) is 15.8. The number of hydrogen-bond acceptors (Lipinski definition) is 4. The van der Waals surface area contributed by atoms with Crippen molar-refractivity contribution in [1.82, 2.24) is 14.8 Å². The Hall–Kier alpha value is -2.08. The highest BCUT2D eigenvalue weighted by atomic mass is 35.5. The molecule has 0 radical (unpaired) electrons. The maximum absolute atomic E-state index is 12.4. The Balaban J connectivity index is 1.92. The highest BCUT2D eigenvalue weighted by Gasteiger charge is 2.30. The minimum Gasteiger partial charge on any atom is -0.443 e. The van der Waals surface area contributed by atoms with Crippen LogP contribution in [0.4, 0.5) is 10.5 Å². The first-order valence-corrected chi connectivity index (χ1v) is 7.92. The van der Waals surface area contributed by atoms with Crippen molar-refractivity contribution < 1.29 is 9.53 Å². The van der Waals surface area contributed by atoms with E-state index in [1.807, 2.05) is 26.8 Å². The van der Waals surface area contributed by atoms with E-state index < -0.39 is 5.60 Å². The zero-order chi connectivity index (χ0) is 16.6. The number of hydrogen-bond donors (Lipinski definition) is 0. The Morgan fingerprint density at radius 2 is 2.09 bits per heavy atom. The number of rotatable bonds is 1. The molecule has 0 N–H and O–H groups in total. The Morgan fingerprint density at radius 3 is 2.74 bits per heavy atom. The Morgan fingerprint density at radius 1 is 1.30 bits per heavy atom. The lowest BCUT2D eigenvalue weighted by molar-refractivity contribution is 0.0577. The van der Waals surface area contributed by atoms with Gasteiger partial charge in [-0.2, -0.15) is 5.10 Å². The lowest BCUT2D eigenvalue weighted by Crippen LogP contribution is -2.39. The predicted molar refractivity (Wildman–Crippen MR) is 88.3 cm³/mol. The molecule has 0 aliphatic carbocycles. The average molecular weight is 335 g/mol. The number of carbonyl (C=O) groups is 1. The molecule has 0 fully saturated rings. The number of amides is 1. The second-order valence-electron chi connectivity index (χ2n) is 6.46. The molecule has 0 spiro atoms. The fraction of sp³-hybridized carbons (Fsp3) is 0.438. The smallest absolute Gasteiger partial charge is 0.414 e. The number of pyridine rings is 1. The summed E-state index contributed by atoms with van der Waals surface area (Å²) >= 11 is 5.83. The lowest BCUT2D eigenvalue weighted by atomic mass is 10.1. The van der Waals surface area contributed by atoms with Gasteiger partial charge in [0.15, 0.2) is 0 Å². The Kier molecular flexibility index (Phi) is 4.02. The molecule has 0 saturated heterocycles. The molecular weight excluding hydrogens is 316 g/mol. The van der Waals surface area contributed by atoms with Gasteiger partial charge >= 0.3 is 6.09 Å². The van der Waals surface area contributed by atoms with Crippen LogP contribution in [0, 0.1) is 0 Å². The topological polar surface area (TPSA) is 60.2 Å². The molecule has 1 aliphatic heterocycles. The molecule has 1 amide bonds. The molecule has 0 aromatic carbocycles. The van der Waals surface area contributed by atoms with E-state index in [1.54, 1.807) is 28.0 Å². The summed E-state index contributed by atoms with van der Waals surface area (Å²) < 4.78 is 7.29. The van der Waals surface area contributed by atoms with E-state index in [1.165, 1.54) is 0 Å². The molecular formula is C16H19ClN4O2. The van der Waals surface area contributed by atoms with Crippen LogP contribution in [0.25, 0.3) is 5.69 Å². The third-order valence-corrected chi connectivity index (χ3v) is 3.73. The van der Waals surface area contributed by atoms with Gasteiger partial charge in [0.05, 0.1) is 29.5 Å². The van der Waals surface area contributed by atoms with Gasteiger partial charge in [-0.25, -0.2) is 14.5 Å². The van der Waals surface area contributed by atoms with Gasteiger partial charge in [-0.15, -0.1) is 0 Å². The summed E-state index contributed by atoms with van der Waals surface area (Å²) in [6.45, 7) is 6.21. The summed E-state index contributed by atoms with van der Waals surface area (Å²) in [6.07, 6.45) is 4.73. The first-order valence-electron chi connectivity index (χ1n) is 7.54. The molecule has 0 bridgehead atoms. The van der Waals surface area contributed by atoms with Crippen molar-refractivity contribution in [2.45, 2.75) is 39.2 Å². The van der Waals surface area contributed by atoms with Crippen molar-refractivity contribution in [1.29, 1.82) is 0 Å². The van der Waals surface area contributed by atoms with Gasteiger partial charge in [0.1, 0.15) is 10.8 Å². The van der Waals surface area contributed by atoms with Gasteiger partial charge in [0, 0.05) is 6.54 Å². The highest BCUT2D eigenvalue weighted by Crippen LogP contribution is 2.30. The van der Waals surface area contributed by atoms with Crippen molar-refractivity contribution in [3.63, 3.8) is 0 Å². The van der Waals surface area contributed by atoms with E-state index in [0.29, 0.717) is 11.7 Å². The van der Waals surface area contributed by atoms with Crippen LogP contribution in [0.2, 0.25) is 5.15 Å². The number of halogens is 1. The molecule has 2 aromatic rings. The first-order chi connectivity index (χ1) is 10.8. The van der Waals surface area contributed by atoms with Crippen LogP contribution in [0.15, 0.2) is 24.5 Å². The van der Waals surface area contributed by atoms with Gasteiger partial charge in [0.2, 0.25) is 0 Å². The van der Waals surface area contributed by atoms with Gasteiger partial charge < -0.3 is 4.74 Å². The van der Waals surface area contributed by atoms with Crippen molar-refractivity contribution in [2.75, 3.05) is 11.4 Å². The molecule has 122 valence electrons. The molecule has 0 saturated carbocycles. The minimum atomic E-state index is -0.523. The molecule has 3 heterocycles. The van der Waals surface area contributed by atoms with E-state index >= 15 is 0 Å². The molecule has 23 heavy (non-hydrogen) atoms. The average Bonchev–Trinajstić information content (AvgIpc) is 2.90. The number of fused-ring (bicyclic) bond motifs is 1. The van der Waals surface area contributed by atoms with E-state index in [0.717, 1.165) is 29.9 Å². The number of nitrogens with zero attached hydrogens (tertiary/aromatic N) is 4. The van der Waals surface area contributed by atoms with Crippen molar-refractivity contribution in [3.05, 3.63) is 35.4 Å². The zero-order valence-electron chi connectivity index (χ0n) is 13.4. The van der Waals surface area contributed by atoms with Crippen LogP contribution >= 0.6 is 11.6 Å². The van der Waals surface area contributed by atoms with Crippen LogP contribution in [-0.2, 0) is 11.2 Å². The molecule has 7 heteroatoms. The summed E-state index contributed by atoms with van der Waals surface area (Å²) in [7, 11) is 0. The number of ether oxygens (including phenoxy) is 1. The van der Waals surface area contributed by atoms with Crippen LogP contribution in [-0.4, -0.2) is 33.0 Å². The maximum Gasteiger partial charge on any atom is 0.414 e. The van der Waals surface area contributed by atoms with Gasteiger partial charge in [-0.05, 0) is 45.7 Å². The summed E-state index contributed by atoms with van der Waals surface area (Å²) in [5.41, 5.74) is 2.07. The molecule has 2 aromatic heterocycles. The second-order valence-corrected chi connectivity index (χ2v) is 6.85. The Labute approximate surface area is 140 Å². The standard InChI is InChI=1S/C16H19ClN4O2/c1-16(2,3)23-15(22)20-8-4-5-12-13(20)10-19-21(12)11-6-7-14(17)18-9-11/h6-7,9-10H,4-5,8H2,1-3H3. The third-order valence-electron chi connectivity index (χ3n) is 3.50. The quantitative estimate of drug-likeness (QED) is 0.747. The second kappa shape index (κ2) is 5.85. The van der Waals surface area contributed by atoms with E-state index in [-0.39, 0.29) is 6.09 Å². The van der Waals surface area contributed by atoms with Crippen LogP contribution < -0.4 is 4.90 Å². The highest BCUT2D eigenvalue weighted by molar-refractivity contribution is 6.29. The van der Waals surface area contributed by atoms with Crippen LogP contribution in [0.5, 0.6) is 0 Å². The fourth-order valence-corrected chi connectivity index (χ4v) is 2.68. The molecule has 3 rings (SSSR count). The SMILES string of the molecule is CC(C)(C)OC(=O)N1CCCc2c1cnn2-c1ccc(Cl)nc1. The van der Waals surface area contributed by atoms with Crippen molar-refractivity contribution in [2.24, 2.45) is 0 Å². The predicted octanol–water partition coefficient (Wildman–Crippen LogP) is 3.61. The Bertz CT molecular complexity index is 719. The summed E-state index contributed by atoms with van der Waals surface area (Å²) in [4.78, 5) is 18.1. The summed E-state index contributed by atoms with van der Waals surface area (Å²) in [6, 6.07) is 3.58. The summed E-state index contributed by atoms with van der Waals surface area (Å²) in [5, 5.41) is 4.85. The number of anilines is 1. The van der Waals surface area contributed by atoms with E-state index in [9.17, 15) is 4.79 Å². The van der Waals surface area contributed by atoms with E-state index in [2.05, 4.69) is 10.1 Å². The molecule has 6 nitrogen and oxygen atoms in total. The van der Waals surface area contributed by atoms with Crippen LogP contribution in [0.1, 0.15) is 32.9 Å². The summed E-state index contributed by atoms with van der Waals surface area (Å²) in [5.74, 6) is 0. The molecule has 0 atom stereocenters. The van der Waals surface area contributed by atoms with Gasteiger partial charge in [-0.1, -0.05) is 11.6 Å². The monoisotopic (exact) mass is 334 g/mol. The molecule has 0 unspecified atom stereocenters. The van der Waals surface area contributed by atoms with Crippen molar-refractivity contribution in [3.8, 4) is 5.69 Å². The van der Waals surface area contributed by atoms with E-state index in [4.69, 9.17) is 16.3 Å². The normalized spacial score (nSPS) is 14.5. The zero-order valence-corrected chi connectivity index (χ0v) is 14.2. The maximum atomic E-state index is 12.4. The lowest BCUT2D eigenvalue weighted by Gasteiger charge is -2.30. The third kappa shape index (κ3) is 3.32. The largest absolute Gasteiger partial charge is 0.443 e. The fourth-order valence-electron chi connectivity index (χ4n) is 2.57. The number of carbonyl (C=O) groups excluding carboxylic acids is 1. The molecule has 1 aliphatic rings. The van der Waals surface area contributed by atoms with Crippen LogP contribution in [0.3, 0.4) is 0 Å². The van der Waals surface area contributed by atoms with Gasteiger partial charge in [0.25, 0.3) is 0 Å². The van der Waals surface area contributed by atoms with Crippen molar-refractivity contribution >= 4 is 23.4 Å². The number of aromatic nitrogens is 3. The van der Waals surface area contributed by atoms with Gasteiger partial charge in [-0.3, -0.25) is 4.90 Å². The minimum absolute atomic E-state index is 0.341.